The molecule has 1 saturated heterocycles. The number of aliphatic hydroxyl groups is 1. The standard InChI is InChI=1S/C19H30N4O5.ClH/c1-27-13-10-23(11-14-28-2)18(25)16-3-4-17(20-15-16)19(26)22-7-5-21(6-8-22)9-12-24;/h3-4,15,24H,5-14H2,1-2H3;1H. The number of β-amino-alcohol motifs (C(OH)–C–C–N with tert-alkyl or cyclic N) is 1. The zero-order chi connectivity index (χ0) is 20.4. The van der Waals surface area contributed by atoms with Crippen molar-refractivity contribution in [1.29, 1.82) is 0 Å². The number of halogens is 1. The number of amides is 2. The second kappa shape index (κ2) is 13.4. The third-order valence-electron chi connectivity index (χ3n) is 4.72. The van der Waals surface area contributed by atoms with Gasteiger partial charge < -0.3 is 24.4 Å². The molecule has 10 heteroatoms. The maximum Gasteiger partial charge on any atom is 0.272 e. The zero-order valence-electron chi connectivity index (χ0n) is 17.1. The summed E-state index contributed by atoms with van der Waals surface area (Å²) in [6.07, 6.45) is 1.45. The number of carbonyl (C=O) groups excluding carboxylic acids is 2. The number of hydrogen-bond acceptors (Lipinski definition) is 7. The average Bonchev–Trinajstić information content (AvgIpc) is 2.74. The number of rotatable bonds is 10. The normalized spacial score (nSPS) is 14.4. The lowest BCUT2D eigenvalue weighted by atomic mass is 10.2. The van der Waals surface area contributed by atoms with Crippen molar-refractivity contribution >= 4 is 24.2 Å². The lowest BCUT2D eigenvalue weighted by molar-refractivity contribution is 0.0603. The number of pyridine rings is 1. The summed E-state index contributed by atoms with van der Waals surface area (Å²) < 4.78 is 10.1. The molecule has 0 bridgehead atoms. The van der Waals surface area contributed by atoms with E-state index in [0.29, 0.717) is 57.2 Å². The molecule has 164 valence electrons. The minimum Gasteiger partial charge on any atom is -0.395 e. The average molecular weight is 431 g/mol. The highest BCUT2D eigenvalue weighted by Gasteiger charge is 2.23. The van der Waals surface area contributed by atoms with Crippen LogP contribution in [0.3, 0.4) is 0 Å². The van der Waals surface area contributed by atoms with E-state index >= 15 is 0 Å². The molecule has 0 aromatic carbocycles. The third kappa shape index (κ3) is 7.52. The van der Waals surface area contributed by atoms with Crippen LogP contribution in [0.2, 0.25) is 0 Å². The van der Waals surface area contributed by atoms with Crippen LogP contribution < -0.4 is 0 Å². The fraction of sp³-hybridized carbons (Fsp3) is 0.632. The first-order valence-corrected chi connectivity index (χ1v) is 9.46. The quantitative estimate of drug-likeness (QED) is 0.557. The molecule has 0 atom stereocenters. The molecular formula is C19H31ClN4O5. The number of aromatic nitrogens is 1. The Morgan fingerprint density at radius 1 is 1.10 bits per heavy atom. The molecule has 1 N–H and O–H groups in total. The SMILES string of the molecule is COCCN(CCOC)C(=O)c1ccc(C(=O)N2CCN(CCO)CC2)nc1.Cl. The van der Waals surface area contributed by atoms with Gasteiger partial charge in [0.25, 0.3) is 11.8 Å². The summed E-state index contributed by atoms with van der Waals surface area (Å²) in [6.45, 7) is 5.19. The molecule has 1 fully saturated rings. The van der Waals surface area contributed by atoms with Gasteiger partial charge in [-0.25, -0.2) is 0 Å². The van der Waals surface area contributed by atoms with Crippen molar-refractivity contribution in [3.8, 4) is 0 Å². The molecule has 1 aliphatic rings. The Morgan fingerprint density at radius 2 is 1.72 bits per heavy atom. The molecule has 2 heterocycles. The molecule has 0 unspecified atom stereocenters. The Hall–Kier alpha value is -1.78. The highest BCUT2D eigenvalue weighted by atomic mass is 35.5. The van der Waals surface area contributed by atoms with Gasteiger partial charge in [0.05, 0.1) is 25.4 Å². The Balaban J connectivity index is 0.00000420. The van der Waals surface area contributed by atoms with Crippen molar-refractivity contribution < 1.29 is 24.2 Å². The molecule has 2 amide bonds. The summed E-state index contributed by atoms with van der Waals surface area (Å²) in [6, 6.07) is 3.23. The Labute approximate surface area is 178 Å². The Bertz CT molecular complexity index is 616. The lowest BCUT2D eigenvalue weighted by Gasteiger charge is -2.34. The van der Waals surface area contributed by atoms with E-state index in [4.69, 9.17) is 14.6 Å². The van der Waals surface area contributed by atoms with E-state index in [-0.39, 0.29) is 30.8 Å². The summed E-state index contributed by atoms with van der Waals surface area (Å²) in [5.41, 5.74) is 0.754. The second-order valence-corrected chi connectivity index (χ2v) is 6.57. The smallest absolute Gasteiger partial charge is 0.272 e. The molecular weight excluding hydrogens is 400 g/mol. The first-order valence-electron chi connectivity index (χ1n) is 9.46. The number of carbonyl (C=O) groups is 2. The van der Waals surface area contributed by atoms with Crippen LogP contribution in [0.4, 0.5) is 0 Å². The minimum atomic E-state index is -0.168. The fourth-order valence-electron chi connectivity index (χ4n) is 3.03. The van der Waals surface area contributed by atoms with Gasteiger partial charge in [-0.3, -0.25) is 19.5 Å². The number of piperazine rings is 1. The molecule has 0 radical (unpaired) electrons. The monoisotopic (exact) mass is 430 g/mol. The number of hydrogen-bond donors (Lipinski definition) is 1. The summed E-state index contributed by atoms with van der Waals surface area (Å²) in [7, 11) is 3.18. The van der Waals surface area contributed by atoms with Crippen LogP contribution in [0.5, 0.6) is 0 Å². The molecule has 0 spiro atoms. The first kappa shape index (κ1) is 25.3. The molecule has 1 aromatic rings. The highest BCUT2D eigenvalue weighted by molar-refractivity contribution is 5.96. The Kier molecular flexibility index (Phi) is 11.7. The molecule has 29 heavy (non-hydrogen) atoms. The number of ether oxygens (including phenoxy) is 2. The van der Waals surface area contributed by atoms with Crippen molar-refractivity contribution in [2.24, 2.45) is 0 Å². The first-order chi connectivity index (χ1) is 13.6. The van der Waals surface area contributed by atoms with Crippen LogP contribution in [0.25, 0.3) is 0 Å². The third-order valence-corrected chi connectivity index (χ3v) is 4.72. The molecule has 0 aliphatic carbocycles. The summed E-state index contributed by atoms with van der Waals surface area (Å²) in [5, 5.41) is 9.00. The van der Waals surface area contributed by atoms with Crippen LogP contribution in [-0.4, -0.2) is 116 Å². The molecule has 1 aromatic heterocycles. The maximum absolute atomic E-state index is 12.7. The van der Waals surface area contributed by atoms with Crippen molar-refractivity contribution in [3.63, 3.8) is 0 Å². The largest absolute Gasteiger partial charge is 0.395 e. The zero-order valence-corrected chi connectivity index (χ0v) is 17.9. The predicted octanol–water partition coefficient (Wildman–Crippen LogP) is -0.0115. The van der Waals surface area contributed by atoms with Crippen LogP contribution in [0, 0.1) is 0 Å². The molecule has 9 nitrogen and oxygen atoms in total. The van der Waals surface area contributed by atoms with Gasteiger partial charge >= 0.3 is 0 Å². The van der Waals surface area contributed by atoms with Crippen LogP contribution in [0.15, 0.2) is 18.3 Å². The maximum atomic E-state index is 12.7. The Morgan fingerprint density at radius 3 is 2.21 bits per heavy atom. The predicted molar refractivity (Wildman–Crippen MR) is 111 cm³/mol. The van der Waals surface area contributed by atoms with Gasteiger partial charge in [-0.05, 0) is 12.1 Å². The van der Waals surface area contributed by atoms with E-state index in [9.17, 15) is 9.59 Å². The summed E-state index contributed by atoms with van der Waals surface area (Å²) >= 11 is 0. The minimum absolute atomic E-state index is 0. The van der Waals surface area contributed by atoms with Gasteiger partial charge in [0.1, 0.15) is 5.69 Å². The van der Waals surface area contributed by atoms with E-state index in [1.54, 1.807) is 36.2 Å². The summed E-state index contributed by atoms with van der Waals surface area (Å²) in [5.74, 6) is -0.309. The van der Waals surface area contributed by atoms with E-state index in [1.807, 2.05) is 0 Å². The van der Waals surface area contributed by atoms with E-state index < -0.39 is 0 Å². The summed E-state index contributed by atoms with van der Waals surface area (Å²) in [4.78, 5) is 35.1. The van der Waals surface area contributed by atoms with E-state index in [2.05, 4.69) is 9.88 Å². The number of aliphatic hydroxyl groups excluding tert-OH is 1. The van der Waals surface area contributed by atoms with Crippen molar-refractivity contribution in [1.82, 2.24) is 19.7 Å². The van der Waals surface area contributed by atoms with Crippen molar-refractivity contribution in [2.45, 2.75) is 0 Å². The van der Waals surface area contributed by atoms with Crippen LogP contribution in [0.1, 0.15) is 20.8 Å². The van der Waals surface area contributed by atoms with Gasteiger partial charge in [0.15, 0.2) is 0 Å². The molecule has 1 aliphatic heterocycles. The van der Waals surface area contributed by atoms with Gasteiger partial charge in [-0.1, -0.05) is 0 Å². The van der Waals surface area contributed by atoms with Crippen molar-refractivity contribution in [3.05, 3.63) is 29.6 Å². The molecule has 0 saturated carbocycles. The van der Waals surface area contributed by atoms with Crippen molar-refractivity contribution in [2.75, 3.05) is 79.9 Å². The van der Waals surface area contributed by atoms with Gasteiger partial charge in [-0.2, -0.15) is 0 Å². The number of nitrogens with zero attached hydrogens (tertiary/aromatic N) is 4. The van der Waals surface area contributed by atoms with Crippen LogP contribution in [-0.2, 0) is 9.47 Å². The number of methoxy groups -OCH3 is 2. The molecule has 2 rings (SSSR count). The fourth-order valence-corrected chi connectivity index (χ4v) is 3.03. The highest BCUT2D eigenvalue weighted by Crippen LogP contribution is 2.10. The van der Waals surface area contributed by atoms with Gasteiger partial charge in [-0.15, -0.1) is 12.4 Å². The lowest BCUT2D eigenvalue weighted by Crippen LogP contribution is -2.49. The van der Waals surface area contributed by atoms with E-state index in [1.165, 1.54) is 6.20 Å². The second-order valence-electron chi connectivity index (χ2n) is 6.57. The topological polar surface area (TPSA) is 95.4 Å². The van der Waals surface area contributed by atoms with E-state index in [0.717, 1.165) is 13.1 Å². The van der Waals surface area contributed by atoms with Gasteiger partial charge in [0.2, 0.25) is 0 Å². The van der Waals surface area contributed by atoms with Crippen LogP contribution >= 0.6 is 12.4 Å². The van der Waals surface area contributed by atoms with Gasteiger partial charge in [0, 0.05) is 66.2 Å².